The molecule has 0 aliphatic carbocycles. The Morgan fingerprint density at radius 2 is 1.70 bits per heavy atom. The number of hydrogen-bond acceptors (Lipinski definition) is 9. The highest BCUT2D eigenvalue weighted by Gasteiger charge is 2.07. The Hall–Kier alpha value is -2.53. The van der Waals surface area contributed by atoms with Crippen LogP contribution in [-0.2, 0) is 22.6 Å². The van der Waals surface area contributed by atoms with Crippen LogP contribution in [-0.4, -0.2) is 62.9 Å². The number of aromatic nitrogens is 3. The smallest absolute Gasteiger partial charge is 0.315 e. The maximum Gasteiger partial charge on any atom is 0.315 e. The summed E-state index contributed by atoms with van der Waals surface area (Å²) in [6.45, 7) is 7.69. The Morgan fingerprint density at radius 3 is 2.15 bits per heavy atom. The maximum absolute atomic E-state index is 9.00. The predicted molar refractivity (Wildman–Crippen MR) is 102 cm³/mol. The standard InChI is InChI=1S/C12H19N5OS.2C2H4O2/c1-8-9(2)19-11(14-8)5-6-13-12-16-15-10(18-12)7-17(3)4;2*1-2(3)4/h5-7H2,1-4H3,(H,13,16);2*1H3,(H,3,4). The second-order valence-corrected chi connectivity index (χ2v) is 6.99. The van der Waals surface area contributed by atoms with Gasteiger partial charge in [-0.15, -0.1) is 16.4 Å². The highest BCUT2D eigenvalue weighted by Crippen LogP contribution is 2.17. The molecule has 0 aromatic carbocycles. The minimum Gasteiger partial charge on any atom is -0.481 e. The fourth-order valence-corrected chi connectivity index (χ4v) is 2.52. The molecule has 0 radical (unpaired) electrons. The minimum atomic E-state index is -0.833. The molecule has 0 saturated heterocycles. The molecule has 10 nitrogen and oxygen atoms in total. The summed E-state index contributed by atoms with van der Waals surface area (Å²) < 4.78 is 5.47. The third kappa shape index (κ3) is 13.3. The van der Waals surface area contributed by atoms with Crippen LogP contribution in [0.3, 0.4) is 0 Å². The van der Waals surface area contributed by atoms with Crippen molar-refractivity contribution in [2.75, 3.05) is 26.0 Å². The van der Waals surface area contributed by atoms with Gasteiger partial charge in [0.25, 0.3) is 11.9 Å². The van der Waals surface area contributed by atoms with Gasteiger partial charge in [-0.2, -0.15) is 0 Å². The van der Waals surface area contributed by atoms with Crippen LogP contribution in [0.25, 0.3) is 0 Å². The van der Waals surface area contributed by atoms with E-state index in [-0.39, 0.29) is 0 Å². The van der Waals surface area contributed by atoms with E-state index in [1.807, 2.05) is 25.9 Å². The van der Waals surface area contributed by atoms with E-state index < -0.39 is 11.9 Å². The lowest BCUT2D eigenvalue weighted by Gasteiger charge is -2.03. The zero-order chi connectivity index (χ0) is 21.0. The van der Waals surface area contributed by atoms with Gasteiger partial charge in [-0.25, -0.2) is 4.98 Å². The topological polar surface area (TPSA) is 142 Å². The van der Waals surface area contributed by atoms with Gasteiger partial charge in [0.1, 0.15) is 0 Å². The van der Waals surface area contributed by atoms with E-state index in [0.717, 1.165) is 37.5 Å². The molecule has 0 aliphatic heterocycles. The minimum absolute atomic E-state index is 0.474. The molecule has 152 valence electrons. The van der Waals surface area contributed by atoms with Gasteiger partial charge in [0.2, 0.25) is 5.89 Å². The number of aliphatic carboxylic acids is 2. The Balaban J connectivity index is 0.000000718. The summed E-state index contributed by atoms with van der Waals surface area (Å²) >= 11 is 1.74. The van der Waals surface area contributed by atoms with E-state index >= 15 is 0 Å². The molecule has 0 spiro atoms. The van der Waals surface area contributed by atoms with E-state index in [2.05, 4.69) is 27.4 Å². The molecule has 0 amide bonds. The van der Waals surface area contributed by atoms with Gasteiger partial charge < -0.3 is 24.8 Å². The van der Waals surface area contributed by atoms with Crippen molar-refractivity contribution in [1.29, 1.82) is 0 Å². The van der Waals surface area contributed by atoms with Crippen molar-refractivity contribution in [3.8, 4) is 0 Å². The van der Waals surface area contributed by atoms with Gasteiger partial charge in [-0.3, -0.25) is 9.59 Å². The largest absolute Gasteiger partial charge is 0.481 e. The molecule has 0 atom stereocenters. The third-order valence-electron chi connectivity index (χ3n) is 2.61. The zero-order valence-electron chi connectivity index (χ0n) is 16.4. The lowest BCUT2D eigenvalue weighted by molar-refractivity contribution is -0.135. The average molecular weight is 401 g/mol. The SMILES string of the molecule is CC(=O)O.CC(=O)O.Cc1nc(CCNc2nnc(CN(C)C)o2)sc1C. The summed E-state index contributed by atoms with van der Waals surface area (Å²) in [5.74, 6) is -1.05. The lowest BCUT2D eigenvalue weighted by atomic mass is 10.4. The quantitative estimate of drug-likeness (QED) is 0.658. The van der Waals surface area contributed by atoms with Crippen LogP contribution < -0.4 is 5.32 Å². The fourth-order valence-electron chi connectivity index (χ4n) is 1.58. The van der Waals surface area contributed by atoms with Crippen LogP contribution in [0.4, 0.5) is 6.01 Å². The molecule has 2 rings (SSSR count). The van der Waals surface area contributed by atoms with Crippen molar-refractivity contribution in [1.82, 2.24) is 20.1 Å². The molecule has 0 fully saturated rings. The van der Waals surface area contributed by atoms with E-state index in [0.29, 0.717) is 18.5 Å². The molecular formula is C16H27N5O5S. The van der Waals surface area contributed by atoms with Crippen molar-refractivity contribution in [3.63, 3.8) is 0 Å². The van der Waals surface area contributed by atoms with Crippen molar-refractivity contribution >= 4 is 29.3 Å². The van der Waals surface area contributed by atoms with Crippen LogP contribution in [0.2, 0.25) is 0 Å². The molecule has 2 heterocycles. The van der Waals surface area contributed by atoms with E-state index in [1.165, 1.54) is 4.88 Å². The van der Waals surface area contributed by atoms with Gasteiger partial charge in [0.15, 0.2) is 0 Å². The number of aryl methyl sites for hydroxylation is 2. The highest BCUT2D eigenvalue weighted by molar-refractivity contribution is 7.11. The van der Waals surface area contributed by atoms with Crippen LogP contribution in [0, 0.1) is 13.8 Å². The summed E-state index contributed by atoms with van der Waals surface area (Å²) in [6, 6.07) is 0.474. The molecule has 0 unspecified atom stereocenters. The zero-order valence-corrected chi connectivity index (χ0v) is 17.3. The number of hydrogen-bond donors (Lipinski definition) is 3. The Labute approximate surface area is 162 Å². The Kier molecular flexibility index (Phi) is 11.6. The summed E-state index contributed by atoms with van der Waals surface area (Å²) in [5.41, 5.74) is 1.12. The van der Waals surface area contributed by atoms with Crippen LogP contribution in [0.15, 0.2) is 4.42 Å². The monoisotopic (exact) mass is 401 g/mol. The predicted octanol–water partition coefficient (Wildman–Crippen LogP) is 2.04. The number of carboxylic acids is 2. The summed E-state index contributed by atoms with van der Waals surface area (Å²) in [5, 5.41) is 27.0. The average Bonchev–Trinajstić information content (AvgIpc) is 3.04. The first-order valence-corrected chi connectivity index (χ1v) is 8.85. The molecule has 0 saturated carbocycles. The molecule has 0 bridgehead atoms. The number of rotatable bonds is 6. The second-order valence-electron chi connectivity index (χ2n) is 5.70. The molecule has 2 aromatic heterocycles. The number of nitrogens with zero attached hydrogens (tertiary/aromatic N) is 4. The molecule has 0 aliphatic rings. The fraction of sp³-hybridized carbons (Fsp3) is 0.562. The van der Waals surface area contributed by atoms with Gasteiger partial charge >= 0.3 is 6.01 Å². The first-order chi connectivity index (χ1) is 12.5. The van der Waals surface area contributed by atoms with E-state index in [1.54, 1.807) is 11.3 Å². The van der Waals surface area contributed by atoms with E-state index in [4.69, 9.17) is 24.2 Å². The molecule has 2 aromatic rings. The first-order valence-electron chi connectivity index (χ1n) is 8.04. The number of nitrogens with one attached hydrogen (secondary N) is 1. The number of anilines is 1. The Bertz CT molecular complexity index is 674. The molecule has 27 heavy (non-hydrogen) atoms. The van der Waals surface area contributed by atoms with Crippen molar-refractivity contribution < 1.29 is 24.2 Å². The number of carboxylic acid groups (broad SMARTS) is 2. The van der Waals surface area contributed by atoms with Crippen LogP contribution >= 0.6 is 11.3 Å². The number of thiazole rings is 1. The van der Waals surface area contributed by atoms with Crippen molar-refractivity contribution in [2.24, 2.45) is 0 Å². The van der Waals surface area contributed by atoms with Crippen molar-refractivity contribution in [2.45, 2.75) is 40.7 Å². The third-order valence-corrected chi connectivity index (χ3v) is 3.74. The first kappa shape index (κ1) is 24.5. The normalized spacial score (nSPS) is 9.74. The lowest BCUT2D eigenvalue weighted by Crippen LogP contribution is -2.10. The van der Waals surface area contributed by atoms with Gasteiger partial charge in [0, 0.05) is 31.7 Å². The van der Waals surface area contributed by atoms with Gasteiger partial charge in [0.05, 0.1) is 17.2 Å². The Morgan fingerprint density at radius 1 is 1.15 bits per heavy atom. The van der Waals surface area contributed by atoms with Gasteiger partial charge in [-0.1, -0.05) is 5.10 Å². The van der Waals surface area contributed by atoms with E-state index in [9.17, 15) is 0 Å². The van der Waals surface area contributed by atoms with Crippen LogP contribution in [0.5, 0.6) is 0 Å². The van der Waals surface area contributed by atoms with Crippen molar-refractivity contribution in [3.05, 3.63) is 21.5 Å². The summed E-state index contributed by atoms with van der Waals surface area (Å²) in [7, 11) is 3.93. The highest BCUT2D eigenvalue weighted by atomic mass is 32.1. The van der Waals surface area contributed by atoms with Crippen LogP contribution in [0.1, 0.15) is 35.3 Å². The number of carbonyl (C=O) groups is 2. The molecule has 3 N–H and O–H groups in total. The maximum atomic E-state index is 9.00. The molecular weight excluding hydrogens is 374 g/mol. The second kappa shape index (κ2) is 12.8. The van der Waals surface area contributed by atoms with Gasteiger partial charge in [-0.05, 0) is 27.9 Å². The summed E-state index contributed by atoms with van der Waals surface area (Å²) in [6.07, 6.45) is 0.866. The summed E-state index contributed by atoms with van der Waals surface area (Å²) in [4.78, 5) is 25.8. The molecule has 11 heteroatoms.